The molecule has 0 aromatic carbocycles. The van der Waals surface area contributed by atoms with E-state index in [0.29, 0.717) is 6.54 Å². The Balaban J connectivity index is 1.82. The van der Waals surface area contributed by atoms with Crippen LogP contribution in [0.15, 0.2) is 12.7 Å². The maximum atomic E-state index is 13.3. The predicted molar refractivity (Wildman–Crippen MR) is 108 cm³/mol. The van der Waals surface area contributed by atoms with Crippen LogP contribution in [0.1, 0.15) is 78.1 Å². The molecule has 0 aromatic rings. The lowest BCUT2D eigenvalue weighted by atomic mass is 9.92. The molecule has 2 N–H and O–H groups in total. The number of amides is 4. The quantitative estimate of drug-likeness (QED) is 0.420. The summed E-state index contributed by atoms with van der Waals surface area (Å²) in [7, 11) is 0. The van der Waals surface area contributed by atoms with Gasteiger partial charge in [-0.25, -0.2) is 9.59 Å². The fourth-order valence-electron chi connectivity index (χ4n) is 5.14. The molecule has 0 bridgehead atoms. The second kappa shape index (κ2) is 8.72. The highest BCUT2D eigenvalue weighted by Gasteiger charge is 2.56. The van der Waals surface area contributed by atoms with Crippen molar-refractivity contribution in [3.8, 4) is 0 Å². The summed E-state index contributed by atoms with van der Waals surface area (Å²) < 4.78 is 0. The second-order valence-electron chi connectivity index (χ2n) is 9.04. The third kappa shape index (κ3) is 4.00. The zero-order valence-corrected chi connectivity index (χ0v) is 17.4. The van der Waals surface area contributed by atoms with E-state index in [1.165, 1.54) is 12.8 Å². The maximum absolute atomic E-state index is 13.3. The molecule has 1 heterocycles. The van der Waals surface area contributed by atoms with Gasteiger partial charge in [0, 0.05) is 18.6 Å². The van der Waals surface area contributed by atoms with Gasteiger partial charge in [0.15, 0.2) is 6.17 Å². The number of nitrogens with one attached hydrogen (secondary N) is 1. The maximum Gasteiger partial charge on any atom is 0.343 e. The van der Waals surface area contributed by atoms with Crippen LogP contribution in [-0.4, -0.2) is 62.5 Å². The van der Waals surface area contributed by atoms with Gasteiger partial charge in [0.05, 0.1) is 5.54 Å². The highest BCUT2D eigenvalue weighted by atomic mass is 16.5. The number of urea groups is 2. The molecule has 2 saturated carbocycles. The van der Waals surface area contributed by atoms with Crippen LogP contribution in [0, 0.1) is 0 Å². The first-order valence-electron chi connectivity index (χ1n) is 10.9. The SMILES string of the molecule is C=CCN1C(=O)N(C2CCCCC2)[C@@H](N(O)C(=O)NC2CCCCC2)C1(C)C. The summed E-state index contributed by atoms with van der Waals surface area (Å²) in [5.41, 5.74) is -0.721. The third-order valence-corrected chi connectivity index (χ3v) is 6.70. The van der Waals surface area contributed by atoms with Crippen LogP contribution in [-0.2, 0) is 0 Å². The van der Waals surface area contributed by atoms with Crippen LogP contribution < -0.4 is 5.32 Å². The topological polar surface area (TPSA) is 76.1 Å². The number of carbonyl (C=O) groups excluding carboxylic acids is 2. The van der Waals surface area contributed by atoms with Crippen molar-refractivity contribution in [2.75, 3.05) is 6.54 Å². The number of nitrogens with zero attached hydrogens (tertiary/aromatic N) is 3. The van der Waals surface area contributed by atoms with Crippen molar-refractivity contribution in [2.24, 2.45) is 0 Å². The highest BCUT2D eigenvalue weighted by molar-refractivity contribution is 5.81. The van der Waals surface area contributed by atoms with E-state index in [4.69, 9.17) is 0 Å². The Morgan fingerprint density at radius 2 is 1.75 bits per heavy atom. The van der Waals surface area contributed by atoms with Gasteiger partial charge in [0.25, 0.3) is 0 Å². The van der Waals surface area contributed by atoms with Crippen LogP contribution in [0.3, 0.4) is 0 Å². The van der Waals surface area contributed by atoms with Gasteiger partial charge >= 0.3 is 12.1 Å². The Bertz CT molecular complexity index is 582. The second-order valence-corrected chi connectivity index (χ2v) is 9.04. The number of rotatable bonds is 5. The lowest BCUT2D eigenvalue weighted by Crippen LogP contribution is -2.61. The summed E-state index contributed by atoms with van der Waals surface area (Å²) in [4.78, 5) is 29.6. The van der Waals surface area contributed by atoms with Crippen molar-refractivity contribution in [1.29, 1.82) is 0 Å². The van der Waals surface area contributed by atoms with E-state index in [1.54, 1.807) is 15.9 Å². The molecule has 1 aliphatic heterocycles. The standard InChI is InChI=1S/C21H36N4O3/c1-4-15-23-20(27)24(17-13-9-6-10-14-17)18(21(23,2)3)25(28)19(26)22-16-11-7-5-8-12-16/h4,16-18,28H,1,5-15H2,2-3H3,(H,22,26)/t18-/m0/s1. The smallest absolute Gasteiger partial charge is 0.333 e. The molecule has 3 aliphatic rings. The summed E-state index contributed by atoms with van der Waals surface area (Å²) >= 11 is 0. The molecule has 7 heteroatoms. The molecule has 158 valence electrons. The number of hydrogen-bond donors (Lipinski definition) is 2. The Kier molecular flexibility index (Phi) is 6.53. The molecule has 0 unspecified atom stereocenters. The molecule has 3 rings (SSSR count). The van der Waals surface area contributed by atoms with E-state index in [9.17, 15) is 14.8 Å². The average molecular weight is 393 g/mol. The largest absolute Gasteiger partial charge is 0.343 e. The Hall–Kier alpha value is -1.76. The van der Waals surface area contributed by atoms with E-state index in [-0.39, 0.29) is 18.1 Å². The van der Waals surface area contributed by atoms with Gasteiger partial charge in [0.2, 0.25) is 0 Å². The van der Waals surface area contributed by atoms with E-state index in [2.05, 4.69) is 11.9 Å². The minimum absolute atomic E-state index is 0.0532. The van der Waals surface area contributed by atoms with Gasteiger partial charge in [-0.2, -0.15) is 5.06 Å². The van der Waals surface area contributed by atoms with Gasteiger partial charge in [-0.15, -0.1) is 6.58 Å². The Morgan fingerprint density at radius 1 is 1.18 bits per heavy atom. The van der Waals surface area contributed by atoms with Crippen LogP contribution in [0.2, 0.25) is 0 Å². The normalized spacial score (nSPS) is 26.4. The van der Waals surface area contributed by atoms with E-state index in [1.807, 2.05) is 13.8 Å². The van der Waals surface area contributed by atoms with Crippen molar-refractivity contribution in [2.45, 2.75) is 102 Å². The fraction of sp³-hybridized carbons (Fsp3) is 0.810. The first-order valence-corrected chi connectivity index (χ1v) is 10.9. The van der Waals surface area contributed by atoms with Crippen molar-refractivity contribution >= 4 is 12.1 Å². The first kappa shape index (κ1) is 21.0. The zero-order valence-electron chi connectivity index (χ0n) is 17.4. The molecule has 0 spiro atoms. The van der Waals surface area contributed by atoms with Crippen LogP contribution in [0.5, 0.6) is 0 Å². The molecular formula is C21H36N4O3. The van der Waals surface area contributed by atoms with Crippen molar-refractivity contribution in [1.82, 2.24) is 20.2 Å². The number of hydroxylamine groups is 2. The van der Waals surface area contributed by atoms with Crippen molar-refractivity contribution < 1.29 is 14.8 Å². The predicted octanol–water partition coefficient (Wildman–Crippen LogP) is 4.08. The Labute approximate surface area is 168 Å². The molecule has 4 amide bonds. The van der Waals surface area contributed by atoms with Crippen LogP contribution >= 0.6 is 0 Å². The molecule has 0 aromatic heterocycles. The minimum Gasteiger partial charge on any atom is -0.333 e. The minimum atomic E-state index is -0.721. The summed E-state index contributed by atoms with van der Waals surface area (Å²) in [5.74, 6) is 0. The van der Waals surface area contributed by atoms with Crippen LogP contribution in [0.4, 0.5) is 9.59 Å². The van der Waals surface area contributed by atoms with Gasteiger partial charge < -0.3 is 10.2 Å². The third-order valence-electron chi connectivity index (χ3n) is 6.70. The summed E-state index contributed by atoms with van der Waals surface area (Å²) in [6, 6.07) is -0.466. The van der Waals surface area contributed by atoms with Crippen LogP contribution in [0.25, 0.3) is 0 Å². The highest BCUT2D eigenvalue weighted by Crippen LogP contribution is 2.39. The van der Waals surface area contributed by atoms with Crippen molar-refractivity contribution in [3.05, 3.63) is 12.7 Å². The van der Waals surface area contributed by atoms with Gasteiger partial charge in [-0.05, 0) is 39.5 Å². The summed E-state index contributed by atoms with van der Waals surface area (Å²) in [6.07, 6.45) is 11.4. The molecule has 1 atom stereocenters. The molecule has 28 heavy (non-hydrogen) atoms. The lowest BCUT2D eigenvalue weighted by molar-refractivity contribution is -0.141. The van der Waals surface area contributed by atoms with Crippen molar-refractivity contribution in [3.63, 3.8) is 0 Å². The molecule has 2 aliphatic carbocycles. The first-order chi connectivity index (χ1) is 13.4. The van der Waals surface area contributed by atoms with Gasteiger partial charge in [-0.3, -0.25) is 10.1 Å². The lowest BCUT2D eigenvalue weighted by Gasteiger charge is -2.41. The van der Waals surface area contributed by atoms with E-state index in [0.717, 1.165) is 56.4 Å². The number of hydrogen-bond acceptors (Lipinski definition) is 3. The Morgan fingerprint density at radius 3 is 2.32 bits per heavy atom. The van der Waals surface area contributed by atoms with Gasteiger partial charge in [0.1, 0.15) is 0 Å². The monoisotopic (exact) mass is 392 g/mol. The molecule has 1 saturated heterocycles. The number of carbonyl (C=O) groups is 2. The molecular weight excluding hydrogens is 356 g/mol. The molecule has 0 radical (unpaired) electrons. The summed E-state index contributed by atoms with van der Waals surface area (Å²) in [6.45, 7) is 8.00. The van der Waals surface area contributed by atoms with E-state index >= 15 is 0 Å². The molecule has 3 fully saturated rings. The molecule has 7 nitrogen and oxygen atoms in total. The fourth-order valence-corrected chi connectivity index (χ4v) is 5.14. The average Bonchev–Trinajstić information content (AvgIpc) is 2.89. The van der Waals surface area contributed by atoms with Gasteiger partial charge in [-0.1, -0.05) is 44.6 Å². The zero-order chi connectivity index (χ0) is 20.3. The van der Waals surface area contributed by atoms with E-state index < -0.39 is 17.7 Å². The summed E-state index contributed by atoms with van der Waals surface area (Å²) in [5, 5.41) is 14.7.